The fourth-order valence-corrected chi connectivity index (χ4v) is 3.79. The minimum absolute atomic E-state index is 0. The first kappa shape index (κ1) is 17.8. The van der Waals surface area contributed by atoms with Crippen molar-refractivity contribution in [3.63, 3.8) is 0 Å². The van der Waals surface area contributed by atoms with E-state index in [2.05, 4.69) is 46.6 Å². The van der Waals surface area contributed by atoms with Crippen LogP contribution in [0.3, 0.4) is 0 Å². The molecule has 0 saturated carbocycles. The summed E-state index contributed by atoms with van der Waals surface area (Å²) in [6.07, 6.45) is 0. The molecule has 0 amide bonds. The molecule has 0 aliphatic carbocycles. The SMILES string of the molecule is Cl.c1ccc(CNc2nc(N3CCSCC3)nc3ccccc23)cc1. The number of nitrogens with zero attached hydrogens (tertiary/aromatic N) is 3. The molecule has 0 spiro atoms. The molecule has 1 fully saturated rings. The van der Waals surface area contributed by atoms with E-state index >= 15 is 0 Å². The summed E-state index contributed by atoms with van der Waals surface area (Å²) in [5, 5.41) is 4.57. The topological polar surface area (TPSA) is 41.1 Å². The monoisotopic (exact) mass is 372 g/mol. The van der Waals surface area contributed by atoms with Crippen molar-refractivity contribution in [2.45, 2.75) is 6.54 Å². The summed E-state index contributed by atoms with van der Waals surface area (Å²) in [7, 11) is 0. The number of benzene rings is 2. The molecule has 130 valence electrons. The van der Waals surface area contributed by atoms with E-state index in [1.54, 1.807) is 0 Å². The highest BCUT2D eigenvalue weighted by Gasteiger charge is 2.16. The molecule has 1 aliphatic heterocycles. The lowest BCUT2D eigenvalue weighted by Crippen LogP contribution is -2.34. The van der Waals surface area contributed by atoms with E-state index in [1.165, 1.54) is 5.56 Å². The van der Waals surface area contributed by atoms with Crippen LogP contribution in [0.25, 0.3) is 10.9 Å². The summed E-state index contributed by atoms with van der Waals surface area (Å²) in [6, 6.07) is 18.6. The molecule has 0 unspecified atom stereocenters. The molecule has 25 heavy (non-hydrogen) atoms. The average molecular weight is 373 g/mol. The molecule has 1 N–H and O–H groups in total. The predicted octanol–water partition coefficient (Wildman–Crippen LogP) is 4.22. The average Bonchev–Trinajstić information content (AvgIpc) is 2.67. The van der Waals surface area contributed by atoms with Gasteiger partial charge < -0.3 is 10.2 Å². The van der Waals surface area contributed by atoms with Crippen LogP contribution in [0.5, 0.6) is 0 Å². The van der Waals surface area contributed by atoms with Crippen LogP contribution in [0.1, 0.15) is 5.56 Å². The van der Waals surface area contributed by atoms with Gasteiger partial charge in [0.15, 0.2) is 0 Å². The largest absolute Gasteiger partial charge is 0.365 e. The zero-order valence-electron chi connectivity index (χ0n) is 13.9. The number of halogens is 1. The van der Waals surface area contributed by atoms with Crippen LogP contribution in [0.2, 0.25) is 0 Å². The van der Waals surface area contributed by atoms with Gasteiger partial charge in [-0.3, -0.25) is 0 Å². The molecule has 0 atom stereocenters. The van der Waals surface area contributed by atoms with E-state index < -0.39 is 0 Å². The lowest BCUT2D eigenvalue weighted by Gasteiger charge is -2.27. The van der Waals surface area contributed by atoms with Gasteiger partial charge in [0.1, 0.15) is 5.82 Å². The fourth-order valence-electron chi connectivity index (χ4n) is 2.89. The van der Waals surface area contributed by atoms with Gasteiger partial charge in [-0.15, -0.1) is 12.4 Å². The maximum atomic E-state index is 4.83. The second-order valence-corrected chi connectivity index (χ2v) is 7.05. The third-order valence-electron chi connectivity index (χ3n) is 4.19. The van der Waals surface area contributed by atoms with Crippen LogP contribution in [0, 0.1) is 0 Å². The van der Waals surface area contributed by atoms with E-state index in [4.69, 9.17) is 9.97 Å². The first-order valence-electron chi connectivity index (χ1n) is 8.27. The van der Waals surface area contributed by atoms with Gasteiger partial charge in [-0.2, -0.15) is 16.7 Å². The lowest BCUT2D eigenvalue weighted by molar-refractivity contribution is 0.820. The predicted molar refractivity (Wildman–Crippen MR) is 110 cm³/mol. The van der Waals surface area contributed by atoms with E-state index in [-0.39, 0.29) is 12.4 Å². The number of rotatable bonds is 4. The molecular weight excluding hydrogens is 352 g/mol. The smallest absolute Gasteiger partial charge is 0.227 e. The van der Waals surface area contributed by atoms with Crippen LogP contribution < -0.4 is 10.2 Å². The van der Waals surface area contributed by atoms with Crippen LogP contribution in [0.4, 0.5) is 11.8 Å². The Balaban J connectivity index is 0.00000182. The molecule has 4 nitrogen and oxygen atoms in total. The summed E-state index contributed by atoms with van der Waals surface area (Å²) >= 11 is 2.00. The number of hydrogen-bond donors (Lipinski definition) is 1. The van der Waals surface area contributed by atoms with Crippen LogP contribution in [-0.2, 0) is 6.54 Å². The molecule has 2 heterocycles. The van der Waals surface area contributed by atoms with Crippen molar-refractivity contribution in [2.24, 2.45) is 0 Å². The molecule has 1 saturated heterocycles. The van der Waals surface area contributed by atoms with E-state index in [0.717, 1.165) is 53.8 Å². The minimum Gasteiger partial charge on any atom is -0.365 e. The molecule has 4 rings (SSSR count). The maximum Gasteiger partial charge on any atom is 0.227 e. The van der Waals surface area contributed by atoms with E-state index in [9.17, 15) is 0 Å². The zero-order valence-corrected chi connectivity index (χ0v) is 15.5. The third-order valence-corrected chi connectivity index (χ3v) is 5.13. The van der Waals surface area contributed by atoms with Crippen LogP contribution >= 0.6 is 24.2 Å². The number of thioether (sulfide) groups is 1. The first-order chi connectivity index (χ1) is 11.9. The molecule has 2 aromatic carbocycles. The Hall–Kier alpha value is -1.98. The van der Waals surface area contributed by atoms with Crippen molar-refractivity contribution in [1.82, 2.24) is 9.97 Å². The number of nitrogens with one attached hydrogen (secondary N) is 1. The Morgan fingerprint density at radius 2 is 1.64 bits per heavy atom. The Morgan fingerprint density at radius 1 is 0.920 bits per heavy atom. The second kappa shape index (κ2) is 8.41. The highest BCUT2D eigenvalue weighted by molar-refractivity contribution is 7.99. The second-order valence-electron chi connectivity index (χ2n) is 5.83. The highest BCUT2D eigenvalue weighted by atomic mass is 35.5. The summed E-state index contributed by atoms with van der Waals surface area (Å²) in [5.41, 5.74) is 2.24. The summed E-state index contributed by atoms with van der Waals surface area (Å²) in [6.45, 7) is 2.79. The van der Waals surface area contributed by atoms with Crippen LogP contribution in [0.15, 0.2) is 54.6 Å². The maximum absolute atomic E-state index is 4.83. The van der Waals surface area contributed by atoms with Crippen molar-refractivity contribution in [2.75, 3.05) is 34.8 Å². The quantitative estimate of drug-likeness (QED) is 0.742. The van der Waals surface area contributed by atoms with Gasteiger partial charge in [-0.1, -0.05) is 42.5 Å². The first-order valence-corrected chi connectivity index (χ1v) is 9.43. The Kier molecular flexibility index (Phi) is 6.00. The Morgan fingerprint density at radius 3 is 2.44 bits per heavy atom. The van der Waals surface area contributed by atoms with E-state index in [0.29, 0.717) is 0 Å². The Bertz CT molecular complexity index is 822. The van der Waals surface area contributed by atoms with Gasteiger partial charge in [0.2, 0.25) is 5.95 Å². The molecule has 1 aliphatic rings. The number of aromatic nitrogens is 2. The van der Waals surface area contributed by atoms with E-state index in [1.807, 2.05) is 30.0 Å². The summed E-state index contributed by atoms with van der Waals surface area (Å²) in [5.74, 6) is 4.04. The van der Waals surface area contributed by atoms with Gasteiger partial charge in [0.05, 0.1) is 5.52 Å². The number of hydrogen-bond acceptors (Lipinski definition) is 5. The molecule has 0 bridgehead atoms. The van der Waals surface area contributed by atoms with Crippen molar-refractivity contribution < 1.29 is 0 Å². The Labute approximate surface area is 158 Å². The van der Waals surface area contributed by atoms with Gasteiger partial charge >= 0.3 is 0 Å². The molecular formula is C19H21ClN4S. The number of anilines is 2. The standard InChI is InChI=1S/C19H20N4S.ClH/c1-2-6-15(7-3-1)14-20-18-16-8-4-5-9-17(16)21-19(22-18)23-10-12-24-13-11-23;/h1-9H,10-14H2,(H,20,21,22);1H. The van der Waals surface area contributed by atoms with Crippen molar-refractivity contribution in [3.8, 4) is 0 Å². The molecule has 1 aromatic heterocycles. The molecule has 3 aromatic rings. The van der Waals surface area contributed by atoms with Gasteiger partial charge in [-0.25, -0.2) is 4.98 Å². The van der Waals surface area contributed by atoms with Gasteiger partial charge in [0, 0.05) is 36.5 Å². The lowest BCUT2D eigenvalue weighted by atomic mass is 10.2. The van der Waals surface area contributed by atoms with Gasteiger partial charge in [-0.05, 0) is 17.7 Å². The van der Waals surface area contributed by atoms with Crippen molar-refractivity contribution in [1.29, 1.82) is 0 Å². The number of fused-ring (bicyclic) bond motifs is 1. The molecule has 0 radical (unpaired) electrons. The van der Waals surface area contributed by atoms with Crippen molar-refractivity contribution in [3.05, 3.63) is 60.2 Å². The zero-order chi connectivity index (χ0) is 16.2. The van der Waals surface area contributed by atoms with Crippen molar-refractivity contribution >= 4 is 46.8 Å². The summed E-state index contributed by atoms with van der Waals surface area (Å²) in [4.78, 5) is 11.9. The minimum atomic E-state index is 0. The number of para-hydroxylation sites is 1. The van der Waals surface area contributed by atoms with Crippen LogP contribution in [-0.4, -0.2) is 34.6 Å². The summed E-state index contributed by atoms with van der Waals surface area (Å²) < 4.78 is 0. The normalized spacial score (nSPS) is 14.2. The molecule has 6 heteroatoms. The third kappa shape index (κ3) is 4.17. The fraction of sp³-hybridized carbons (Fsp3) is 0.263. The van der Waals surface area contributed by atoms with Gasteiger partial charge in [0.25, 0.3) is 0 Å². The highest BCUT2D eigenvalue weighted by Crippen LogP contribution is 2.25.